The minimum absolute atomic E-state index is 0.256. The first kappa shape index (κ1) is 13.0. The maximum atomic E-state index is 12.0. The summed E-state index contributed by atoms with van der Waals surface area (Å²) in [5.41, 5.74) is 0. The van der Waals surface area contributed by atoms with Crippen molar-refractivity contribution in [2.45, 2.75) is 38.5 Å². The molecule has 2 nitrogen and oxygen atoms in total. The van der Waals surface area contributed by atoms with Crippen LogP contribution < -0.4 is 0 Å². The summed E-state index contributed by atoms with van der Waals surface area (Å²) in [6.45, 7) is 8.64. The zero-order valence-corrected chi connectivity index (χ0v) is 10.2. The van der Waals surface area contributed by atoms with Gasteiger partial charge in [-0.25, -0.2) is 0 Å². The van der Waals surface area contributed by atoms with E-state index in [0.717, 1.165) is 0 Å². The Bertz CT molecular complexity index is 231. The van der Waals surface area contributed by atoms with Gasteiger partial charge in [-0.05, 0) is 18.8 Å². The van der Waals surface area contributed by atoms with Gasteiger partial charge >= 0.3 is 0 Å². The smallest absolute Gasteiger partial charge is 0.223 e. The van der Waals surface area contributed by atoms with Crippen molar-refractivity contribution >= 4 is 5.91 Å². The second kappa shape index (κ2) is 7.26. The highest BCUT2D eigenvalue weighted by Crippen LogP contribution is 2.26. The maximum Gasteiger partial charge on any atom is 0.223 e. The first-order valence-corrected chi connectivity index (χ1v) is 6.27. The predicted octanol–water partition coefficient (Wildman–Crippen LogP) is 3.16. The fraction of sp³-hybridized carbons (Fsp3) is 0.643. The lowest BCUT2D eigenvalue weighted by molar-refractivity contribution is -0.131. The Kier molecular flexibility index (Phi) is 5.91. The fourth-order valence-electron chi connectivity index (χ4n) is 2.36. The van der Waals surface area contributed by atoms with E-state index >= 15 is 0 Å². The summed E-state index contributed by atoms with van der Waals surface area (Å²) >= 11 is 0. The van der Waals surface area contributed by atoms with Gasteiger partial charge in [0.2, 0.25) is 5.91 Å². The number of amides is 1. The molecule has 0 atom stereocenters. The summed E-state index contributed by atoms with van der Waals surface area (Å²) in [5, 5.41) is 0. The first-order chi connectivity index (χ1) is 7.77. The van der Waals surface area contributed by atoms with Gasteiger partial charge in [0, 0.05) is 19.5 Å². The molecule has 0 aliphatic heterocycles. The van der Waals surface area contributed by atoms with Crippen LogP contribution in [0.3, 0.4) is 0 Å². The van der Waals surface area contributed by atoms with E-state index in [1.165, 1.54) is 32.1 Å². The van der Waals surface area contributed by atoms with Gasteiger partial charge in [-0.3, -0.25) is 4.79 Å². The van der Waals surface area contributed by atoms with Crippen molar-refractivity contribution in [1.82, 2.24) is 4.90 Å². The lowest BCUT2D eigenvalue weighted by Crippen LogP contribution is -2.32. The van der Waals surface area contributed by atoms with Crippen LogP contribution in [0.2, 0.25) is 0 Å². The van der Waals surface area contributed by atoms with Crippen LogP contribution in [0, 0.1) is 5.92 Å². The van der Waals surface area contributed by atoms with Gasteiger partial charge < -0.3 is 4.90 Å². The number of rotatable bonds is 6. The molecule has 0 heterocycles. The van der Waals surface area contributed by atoms with Gasteiger partial charge in [0.15, 0.2) is 0 Å². The van der Waals surface area contributed by atoms with Gasteiger partial charge in [0.25, 0.3) is 0 Å². The molecule has 1 fully saturated rings. The Morgan fingerprint density at radius 3 is 2.19 bits per heavy atom. The molecule has 0 N–H and O–H groups in total. The predicted molar refractivity (Wildman–Crippen MR) is 68.2 cm³/mol. The van der Waals surface area contributed by atoms with E-state index < -0.39 is 0 Å². The van der Waals surface area contributed by atoms with Gasteiger partial charge in [0.05, 0.1) is 0 Å². The van der Waals surface area contributed by atoms with Crippen molar-refractivity contribution in [1.29, 1.82) is 0 Å². The van der Waals surface area contributed by atoms with E-state index in [-0.39, 0.29) is 5.91 Å². The summed E-state index contributed by atoms with van der Waals surface area (Å²) in [6, 6.07) is 0. The summed E-state index contributed by atoms with van der Waals surface area (Å²) in [5.74, 6) is 0.866. The minimum atomic E-state index is 0.256. The average molecular weight is 221 g/mol. The van der Waals surface area contributed by atoms with Gasteiger partial charge in [-0.1, -0.05) is 31.4 Å². The topological polar surface area (TPSA) is 20.3 Å². The molecule has 0 radical (unpaired) electrons. The van der Waals surface area contributed by atoms with Crippen molar-refractivity contribution in [2.24, 2.45) is 5.92 Å². The van der Waals surface area contributed by atoms with Gasteiger partial charge in [-0.2, -0.15) is 0 Å². The number of carbonyl (C=O) groups is 1. The van der Waals surface area contributed by atoms with Crippen LogP contribution in [-0.4, -0.2) is 23.9 Å². The second-order valence-corrected chi connectivity index (χ2v) is 4.58. The monoisotopic (exact) mass is 221 g/mol. The number of nitrogens with zero attached hydrogens (tertiary/aromatic N) is 1. The third-order valence-corrected chi connectivity index (χ3v) is 3.24. The molecule has 16 heavy (non-hydrogen) atoms. The molecular weight excluding hydrogens is 198 g/mol. The van der Waals surface area contributed by atoms with Crippen LogP contribution >= 0.6 is 0 Å². The van der Waals surface area contributed by atoms with Crippen LogP contribution in [0.4, 0.5) is 0 Å². The highest BCUT2D eigenvalue weighted by molar-refractivity contribution is 5.76. The summed E-state index contributed by atoms with van der Waals surface area (Å²) in [4.78, 5) is 13.8. The largest absolute Gasteiger partial charge is 0.335 e. The fourth-order valence-corrected chi connectivity index (χ4v) is 2.36. The van der Waals surface area contributed by atoms with Gasteiger partial charge in [-0.15, -0.1) is 13.2 Å². The Morgan fingerprint density at radius 1 is 1.12 bits per heavy atom. The van der Waals surface area contributed by atoms with Crippen molar-refractivity contribution in [2.75, 3.05) is 13.1 Å². The van der Waals surface area contributed by atoms with Crippen molar-refractivity contribution in [3.05, 3.63) is 25.3 Å². The molecule has 0 aromatic carbocycles. The minimum Gasteiger partial charge on any atom is -0.335 e. The van der Waals surface area contributed by atoms with Crippen LogP contribution in [0.1, 0.15) is 38.5 Å². The molecule has 0 bridgehead atoms. The molecule has 0 spiro atoms. The second-order valence-electron chi connectivity index (χ2n) is 4.58. The summed E-state index contributed by atoms with van der Waals surface area (Å²) in [6.07, 6.45) is 10.6. The van der Waals surface area contributed by atoms with Crippen molar-refractivity contribution in [3.63, 3.8) is 0 Å². The molecule has 90 valence electrons. The first-order valence-electron chi connectivity index (χ1n) is 6.27. The third-order valence-electron chi connectivity index (χ3n) is 3.24. The van der Waals surface area contributed by atoms with E-state index in [2.05, 4.69) is 13.2 Å². The molecule has 1 saturated carbocycles. The highest BCUT2D eigenvalue weighted by Gasteiger charge is 2.19. The standard InChI is InChI=1S/C14H23NO/c1-3-10-15(11-4-2)14(16)12-13-8-6-5-7-9-13/h3-4,13H,1-2,5-12H2. The molecule has 1 aliphatic carbocycles. The van der Waals surface area contributed by atoms with E-state index in [9.17, 15) is 4.79 Å². The molecule has 1 aliphatic rings. The summed E-state index contributed by atoms with van der Waals surface area (Å²) in [7, 11) is 0. The maximum absolute atomic E-state index is 12.0. The van der Waals surface area contributed by atoms with E-state index in [1.807, 2.05) is 4.90 Å². The molecular formula is C14H23NO. The molecule has 0 aromatic rings. The lowest BCUT2D eigenvalue weighted by atomic mass is 9.86. The summed E-state index contributed by atoms with van der Waals surface area (Å²) < 4.78 is 0. The van der Waals surface area contributed by atoms with Crippen LogP contribution in [0.5, 0.6) is 0 Å². The third kappa shape index (κ3) is 4.21. The molecule has 2 heteroatoms. The average Bonchev–Trinajstić information content (AvgIpc) is 2.30. The van der Waals surface area contributed by atoms with Gasteiger partial charge in [0.1, 0.15) is 0 Å². The lowest BCUT2D eigenvalue weighted by Gasteiger charge is -2.25. The molecule has 0 aromatic heterocycles. The van der Waals surface area contributed by atoms with Crippen LogP contribution in [0.15, 0.2) is 25.3 Å². The number of hydrogen-bond acceptors (Lipinski definition) is 1. The number of carbonyl (C=O) groups excluding carboxylic acids is 1. The van der Waals surface area contributed by atoms with Crippen molar-refractivity contribution < 1.29 is 4.79 Å². The Morgan fingerprint density at radius 2 is 1.69 bits per heavy atom. The highest BCUT2D eigenvalue weighted by atomic mass is 16.2. The van der Waals surface area contributed by atoms with E-state index in [0.29, 0.717) is 25.4 Å². The number of hydrogen-bond donors (Lipinski definition) is 0. The quantitative estimate of drug-likeness (QED) is 0.631. The SMILES string of the molecule is C=CCN(CC=C)C(=O)CC1CCCCC1. The van der Waals surface area contributed by atoms with Crippen LogP contribution in [0.25, 0.3) is 0 Å². The Balaban J connectivity index is 2.39. The molecule has 0 saturated heterocycles. The zero-order valence-electron chi connectivity index (χ0n) is 10.2. The van der Waals surface area contributed by atoms with Crippen LogP contribution in [-0.2, 0) is 4.79 Å². The normalized spacial score (nSPS) is 16.8. The molecule has 1 amide bonds. The Hall–Kier alpha value is -1.05. The Labute approximate surface area is 99.0 Å². The van der Waals surface area contributed by atoms with E-state index in [1.54, 1.807) is 12.2 Å². The molecule has 1 rings (SSSR count). The van der Waals surface area contributed by atoms with E-state index in [4.69, 9.17) is 0 Å². The zero-order chi connectivity index (χ0) is 11.8. The van der Waals surface area contributed by atoms with Crippen molar-refractivity contribution in [3.8, 4) is 0 Å². The molecule has 0 unspecified atom stereocenters.